The average molecular weight is 312 g/mol. The summed E-state index contributed by atoms with van der Waals surface area (Å²) in [6.45, 7) is 1.54. The van der Waals surface area contributed by atoms with Crippen LogP contribution < -0.4 is 0 Å². The maximum Gasteiger partial charge on any atom is 0.244 e. The van der Waals surface area contributed by atoms with Crippen LogP contribution in [0.25, 0.3) is 33.6 Å². The average Bonchev–Trinajstić information content (AvgIpc) is 3.11. The van der Waals surface area contributed by atoms with Gasteiger partial charge in [0.05, 0.1) is 11.4 Å². The molecule has 1 aliphatic heterocycles. The highest BCUT2D eigenvalue weighted by atomic mass is 16.2. The molecule has 116 valence electrons. The Labute approximate surface area is 140 Å². The first-order chi connectivity index (χ1) is 11.8. The van der Waals surface area contributed by atoms with Crippen LogP contribution in [0.15, 0.2) is 78.9 Å². The first-order valence-corrected chi connectivity index (χ1v) is 7.89. The second kappa shape index (κ2) is 5.78. The molecule has 0 bridgehead atoms. The van der Waals surface area contributed by atoms with Gasteiger partial charge in [-0.2, -0.15) is 9.78 Å². The van der Waals surface area contributed by atoms with E-state index in [-0.39, 0.29) is 5.91 Å². The molecule has 2 aromatic rings. The Bertz CT molecular complexity index is 971. The number of rotatable bonds is 2. The third kappa shape index (κ3) is 2.31. The van der Waals surface area contributed by atoms with Gasteiger partial charge in [0.1, 0.15) is 0 Å². The summed E-state index contributed by atoms with van der Waals surface area (Å²) in [6.07, 6.45) is 0. The van der Waals surface area contributed by atoms with Gasteiger partial charge in [-0.15, -0.1) is 0 Å². The minimum absolute atomic E-state index is 0.103. The van der Waals surface area contributed by atoms with Gasteiger partial charge in [0.25, 0.3) is 0 Å². The van der Waals surface area contributed by atoms with Gasteiger partial charge in [0.15, 0.2) is 0 Å². The minimum atomic E-state index is -0.103. The van der Waals surface area contributed by atoms with E-state index >= 15 is 0 Å². The maximum absolute atomic E-state index is 12.3. The van der Waals surface area contributed by atoms with Gasteiger partial charge in [0.2, 0.25) is 5.91 Å². The summed E-state index contributed by atoms with van der Waals surface area (Å²) >= 11 is 0. The van der Waals surface area contributed by atoms with Crippen molar-refractivity contribution in [1.82, 2.24) is 9.78 Å². The molecule has 0 radical (unpaired) electrons. The van der Waals surface area contributed by atoms with Crippen molar-refractivity contribution in [1.29, 1.82) is 0 Å². The van der Waals surface area contributed by atoms with E-state index in [1.54, 1.807) is 6.92 Å². The molecular formula is C21H16N2O. The molecule has 4 rings (SSSR count). The smallest absolute Gasteiger partial charge is 0.244 e. The molecule has 0 atom stereocenters. The summed E-state index contributed by atoms with van der Waals surface area (Å²) in [7, 11) is 0. The highest BCUT2D eigenvalue weighted by Crippen LogP contribution is 2.39. The molecule has 0 amide bonds. The Hall–Kier alpha value is -3.20. The molecule has 2 aliphatic rings. The molecule has 2 aromatic carbocycles. The van der Waals surface area contributed by atoms with Crippen LogP contribution in [-0.2, 0) is 0 Å². The van der Waals surface area contributed by atoms with E-state index in [1.807, 2.05) is 72.8 Å². The molecule has 0 saturated heterocycles. The minimum Gasteiger partial charge on any atom is -0.273 e. The van der Waals surface area contributed by atoms with E-state index < -0.39 is 0 Å². The van der Waals surface area contributed by atoms with Crippen molar-refractivity contribution in [2.75, 3.05) is 0 Å². The van der Waals surface area contributed by atoms with Gasteiger partial charge in [0, 0.05) is 29.2 Å². The van der Waals surface area contributed by atoms with Crippen LogP contribution in [0.2, 0.25) is 0 Å². The van der Waals surface area contributed by atoms with Crippen LogP contribution in [-0.4, -0.2) is 15.7 Å². The predicted octanol–water partition coefficient (Wildman–Crippen LogP) is 4.98. The van der Waals surface area contributed by atoms with E-state index in [1.165, 1.54) is 4.68 Å². The molecule has 0 unspecified atom stereocenters. The standard InChI is InChI=1S/C21H16N2O/c1-15(24)23-21(17-11-6-3-7-12-17)19-14-8-13-18(19)20(22-23)16-9-4-2-5-10-16/h2-14H,1H3. The quantitative estimate of drug-likeness (QED) is 0.523. The summed E-state index contributed by atoms with van der Waals surface area (Å²) < 4.78 is 1.51. The Morgan fingerprint density at radius 3 is 1.96 bits per heavy atom. The molecule has 3 nitrogen and oxygen atoms in total. The fraction of sp³-hybridized carbons (Fsp3) is 0.0476. The predicted molar refractivity (Wildman–Crippen MR) is 96.0 cm³/mol. The van der Waals surface area contributed by atoms with Crippen molar-refractivity contribution in [3.8, 4) is 33.6 Å². The Morgan fingerprint density at radius 1 is 0.750 bits per heavy atom. The lowest BCUT2D eigenvalue weighted by Crippen LogP contribution is -2.16. The van der Waals surface area contributed by atoms with E-state index in [2.05, 4.69) is 11.2 Å². The zero-order chi connectivity index (χ0) is 16.5. The lowest BCUT2D eigenvalue weighted by molar-refractivity contribution is 0.0922. The van der Waals surface area contributed by atoms with E-state index in [0.29, 0.717) is 0 Å². The molecule has 0 saturated carbocycles. The van der Waals surface area contributed by atoms with Crippen LogP contribution in [0.5, 0.6) is 0 Å². The van der Waals surface area contributed by atoms with Crippen LogP contribution in [0.4, 0.5) is 0 Å². The van der Waals surface area contributed by atoms with Gasteiger partial charge in [-0.05, 0) is 0 Å². The number of hydrogen-bond acceptors (Lipinski definition) is 2. The monoisotopic (exact) mass is 312 g/mol. The number of nitrogens with zero attached hydrogens (tertiary/aromatic N) is 2. The largest absolute Gasteiger partial charge is 0.273 e. The summed E-state index contributed by atoms with van der Waals surface area (Å²) in [5, 5.41) is 4.69. The SMILES string of the molecule is CC(=O)n1nc(-c2ccccc2)c2cccc-2c1-c1ccccc1. The number of benzene rings is 2. The van der Waals surface area contributed by atoms with E-state index in [9.17, 15) is 4.79 Å². The fourth-order valence-corrected chi connectivity index (χ4v) is 3.06. The topological polar surface area (TPSA) is 34.9 Å². The summed E-state index contributed by atoms with van der Waals surface area (Å²) in [5.74, 6) is -0.103. The van der Waals surface area contributed by atoms with Crippen molar-refractivity contribution in [3.63, 3.8) is 0 Å². The second-order valence-electron chi connectivity index (χ2n) is 5.71. The first-order valence-electron chi connectivity index (χ1n) is 7.89. The molecule has 0 aromatic heterocycles. The van der Waals surface area contributed by atoms with Crippen molar-refractivity contribution >= 4 is 5.91 Å². The number of aromatic nitrogens is 2. The number of carbonyl (C=O) groups excluding carboxylic acids is 1. The Balaban J connectivity index is 2.07. The van der Waals surface area contributed by atoms with Crippen LogP contribution in [0.1, 0.15) is 11.7 Å². The van der Waals surface area contributed by atoms with Gasteiger partial charge in [-0.3, -0.25) is 4.79 Å². The van der Waals surface area contributed by atoms with E-state index in [0.717, 1.165) is 33.6 Å². The van der Waals surface area contributed by atoms with Crippen molar-refractivity contribution in [3.05, 3.63) is 78.9 Å². The highest BCUT2D eigenvalue weighted by molar-refractivity contribution is 5.94. The highest BCUT2D eigenvalue weighted by Gasteiger charge is 2.22. The summed E-state index contributed by atoms with van der Waals surface area (Å²) in [6, 6.07) is 26.0. The van der Waals surface area contributed by atoms with Gasteiger partial charge in [-0.25, -0.2) is 0 Å². The normalized spacial score (nSPS) is 10.9. The molecular weight excluding hydrogens is 296 g/mol. The number of carbonyl (C=O) groups is 1. The fourth-order valence-electron chi connectivity index (χ4n) is 3.06. The van der Waals surface area contributed by atoms with Crippen LogP contribution >= 0.6 is 0 Å². The molecule has 0 N–H and O–H groups in total. The van der Waals surface area contributed by atoms with Crippen LogP contribution in [0.3, 0.4) is 0 Å². The molecule has 0 fully saturated rings. The zero-order valence-corrected chi connectivity index (χ0v) is 13.3. The Kier molecular flexibility index (Phi) is 3.47. The molecule has 1 heterocycles. The molecule has 3 heteroatoms. The third-order valence-corrected chi connectivity index (χ3v) is 4.13. The lowest BCUT2D eigenvalue weighted by Gasteiger charge is -2.18. The zero-order valence-electron chi connectivity index (χ0n) is 13.3. The maximum atomic E-state index is 12.3. The third-order valence-electron chi connectivity index (χ3n) is 4.13. The number of fused-ring (bicyclic) bond motifs is 1. The number of hydrogen-bond donors (Lipinski definition) is 0. The van der Waals surface area contributed by atoms with Gasteiger partial charge < -0.3 is 0 Å². The molecule has 24 heavy (non-hydrogen) atoms. The second-order valence-corrected chi connectivity index (χ2v) is 5.71. The van der Waals surface area contributed by atoms with Crippen molar-refractivity contribution in [2.24, 2.45) is 0 Å². The molecule has 0 spiro atoms. The van der Waals surface area contributed by atoms with Crippen molar-refractivity contribution in [2.45, 2.75) is 6.92 Å². The van der Waals surface area contributed by atoms with E-state index in [4.69, 9.17) is 0 Å². The van der Waals surface area contributed by atoms with Gasteiger partial charge >= 0.3 is 0 Å². The van der Waals surface area contributed by atoms with Gasteiger partial charge in [-0.1, -0.05) is 78.9 Å². The molecule has 1 aliphatic carbocycles. The first kappa shape index (κ1) is 14.4. The Morgan fingerprint density at radius 2 is 1.33 bits per heavy atom. The summed E-state index contributed by atoms with van der Waals surface area (Å²) in [5.41, 5.74) is 5.73. The van der Waals surface area contributed by atoms with Crippen molar-refractivity contribution < 1.29 is 4.79 Å². The van der Waals surface area contributed by atoms with Crippen LogP contribution in [0, 0.1) is 0 Å². The summed E-state index contributed by atoms with van der Waals surface area (Å²) in [4.78, 5) is 12.3. The lowest BCUT2D eigenvalue weighted by atomic mass is 9.98.